The second-order valence-electron chi connectivity index (χ2n) is 8.38. The third-order valence-corrected chi connectivity index (χ3v) is 7.99. The molecule has 1 aromatic carbocycles. The van der Waals surface area contributed by atoms with E-state index in [1.54, 1.807) is 0 Å². The van der Waals surface area contributed by atoms with Crippen molar-refractivity contribution >= 4 is 37.4 Å². The van der Waals surface area contributed by atoms with E-state index in [-0.39, 0.29) is 17.4 Å². The van der Waals surface area contributed by atoms with E-state index in [0.717, 1.165) is 44.4 Å². The van der Waals surface area contributed by atoms with Gasteiger partial charge in [0, 0.05) is 40.2 Å². The minimum atomic E-state index is -2.93. The fraction of sp³-hybridized carbons (Fsp3) is 0.261. The summed E-state index contributed by atoms with van der Waals surface area (Å²) in [6, 6.07) is 10.3. The Hall–Kier alpha value is -3.26. The molecule has 1 N–H and O–H groups in total. The van der Waals surface area contributed by atoms with Gasteiger partial charge in [-0.05, 0) is 44.0 Å². The molecule has 1 aliphatic heterocycles. The molecule has 0 saturated carbocycles. The minimum Gasteiger partial charge on any atom is -0.346 e. The van der Waals surface area contributed by atoms with Crippen molar-refractivity contribution in [1.82, 2.24) is 24.6 Å². The number of sulfone groups is 1. The number of rotatable bonds is 2. The van der Waals surface area contributed by atoms with Crippen molar-refractivity contribution in [2.24, 2.45) is 0 Å². The summed E-state index contributed by atoms with van der Waals surface area (Å²) in [5, 5.41) is 6.68. The molecule has 5 heterocycles. The van der Waals surface area contributed by atoms with E-state index in [2.05, 4.69) is 40.2 Å². The predicted octanol–water partition coefficient (Wildman–Crippen LogP) is 4.03. The van der Waals surface area contributed by atoms with Crippen LogP contribution in [0.15, 0.2) is 48.9 Å². The zero-order valence-electron chi connectivity index (χ0n) is 17.0. The van der Waals surface area contributed by atoms with E-state index < -0.39 is 9.84 Å². The van der Waals surface area contributed by atoms with Gasteiger partial charge in [0.15, 0.2) is 5.65 Å². The van der Waals surface area contributed by atoms with Crippen LogP contribution in [-0.2, 0) is 9.84 Å². The van der Waals surface area contributed by atoms with Crippen LogP contribution in [0.2, 0.25) is 0 Å². The molecule has 0 spiro atoms. The highest BCUT2D eigenvalue weighted by atomic mass is 32.2. The molecule has 1 saturated heterocycles. The first-order valence-electron chi connectivity index (χ1n) is 10.4. The minimum absolute atomic E-state index is 0.118. The van der Waals surface area contributed by atoms with Crippen LogP contribution in [0, 0.1) is 6.92 Å². The molecule has 1 aliphatic rings. The first-order chi connectivity index (χ1) is 15.0. The molecule has 4 aromatic heterocycles. The topological polar surface area (TPSA) is 93.0 Å². The van der Waals surface area contributed by atoms with Gasteiger partial charge in [0.2, 0.25) is 0 Å². The molecule has 0 unspecified atom stereocenters. The van der Waals surface area contributed by atoms with Gasteiger partial charge in [-0.2, -0.15) is 9.61 Å². The van der Waals surface area contributed by atoms with E-state index in [0.29, 0.717) is 12.8 Å². The Balaban J connectivity index is 1.54. The second-order valence-corrected chi connectivity index (χ2v) is 10.7. The Labute approximate surface area is 179 Å². The summed E-state index contributed by atoms with van der Waals surface area (Å²) in [5.41, 5.74) is 6.60. The summed E-state index contributed by atoms with van der Waals surface area (Å²) in [7, 11) is -2.93. The highest BCUT2D eigenvalue weighted by molar-refractivity contribution is 7.91. The van der Waals surface area contributed by atoms with Crippen molar-refractivity contribution in [3.05, 3.63) is 60.2 Å². The summed E-state index contributed by atoms with van der Waals surface area (Å²) in [6.45, 7) is 2.07. The quantitative estimate of drug-likeness (QED) is 0.456. The van der Waals surface area contributed by atoms with E-state index in [4.69, 9.17) is 4.98 Å². The maximum atomic E-state index is 11.9. The Morgan fingerprint density at radius 2 is 1.94 bits per heavy atom. The molecule has 156 valence electrons. The van der Waals surface area contributed by atoms with Gasteiger partial charge >= 0.3 is 0 Å². The number of aromatic amines is 1. The summed E-state index contributed by atoms with van der Waals surface area (Å²) < 4.78 is 25.7. The molecule has 31 heavy (non-hydrogen) atoms. The van der Waals surface area contributed by atoms with E-state index in [1.165, 1.54) is 5.56 Å². The van der Waals surface area contributed by atoms with Crippen molar-refractivity contribution in [3.63, 3.8) is 0 Å². The van der Waals surface area contributed by atoms with Gasteiger partial charge in [0.05, 0.1) is 28.9 Å². The van der Waals surface area contributed by atoms with E-state index in [1.807, 2.05) is 35.2 Å². The van der Waals surface area contributed by atoms with Crippen LogP contribution in [0.25, 0.3) is 38.7 Å². The largest absolute Gasteiger partial charge is 0.346 e. The van der Waals surface area contributed by atoms with E-state index in [9.17, 15) is 8.42 Å². The molecule has 5 aromatic rings. The molecular formula is C23H21N5O2S. The molecule has 1 fully saturated rings. The SMILES string of the molecule is Cc1ccc2ncc(-c3cnn4c3nc(C3CCS(=O)(=O)CC3)c3cc[nH]c34)cc2c1. The number of hydrogen-bond acceptors (Lipinski definition) is 5. The van der Waals surface area contributed by atoms with Crippen molar-refractivity contribution in [2.45, 2.75) is 25.7 Å². The van der Waals surface area contributed by atoms with Crippen LogP contribution in [0.3, 0.4) is 0 Å². The maximum absolute atomic E-state index is 11.9. The lowest BCUT2D eigenvalue weighted by Gasteiger charge is -2.22. The van der Waals surface area contributed by atoms with E-state index >= 15 is 0 Å². The molecule has 0 radical (unpaired) electrons. The average Bonchev–Trinajstić information content (AvgIpc) is 3.39. The van der Waals surface area contributed by atoms with Gasteiger partial charge in [-0.15, -0.1) is 0 Å². The summed E-state index contributed by atoms with van der Waals surface area (Å²) in [6.07, 6.45) is 6.78. The zero-order chi connectivity index (χ0) is 21.2. The molecule has 0 atom stereocenters. The molecule has 7 nitrogen and oxygen atoms in total. The normalized spacial score (nSPS) is 17.1. The summed E-state index contributed by atoms with van der Waals surface area (Å²) >= 11 is 0. The van der Waals surface area contributed by atoms with Crippen LogP contribution < -0.4 is 0 Å². The number of pyridine rings is 1. The van der Waals surface area contributed by atoms with Crippen LogP contribution in [0.4, 0.5) is 0 Å². The number of H-pyrrole nitrogens is 1. The number of hydrogen-bond donors (Lipinski definition) is 1. The standard InChI is InChI=1S/C23H21N5O2S/c1-14-2-3-20-16(10-14)11-17(12-25-20)19-13-26-28-22-18(4-7-24-22)21(27-23(19)28)15-5-8-31(29,30)9-6-15/h2-4,7,10-13,15,24H,5-6,8-9H2,1H3. The molecule has 6 rings (SSSR count). The lowest BCUT2D eigenvalue weighted by molar-refractivity contribution is 0.546. The number of nitrogens with zero attached hydrogens (tertiary/aromatic N) is 4. The number of fused-ring (bicyclic) bond motifs is 4. The zero-order valence-corrected chi connectivity index (χ0v) is 17.9. The second kappa shape index (κ2) is 6.62. The molecule has 0 amide bonds. The van der Waals surface area contributed by atoms with Crippen molar-refractivity contribution < 1.29 is 8.42 Å². The summed E-state index contributed by atoms with van der Waals surface area (Å²) in [5.74, 6) is 0.555. The van der Waals surface area contributed by atoms with Crippen LogP contribution in [0.5, 0.6) is 0 Å². The highest BCUT2D eigenvalue weighted by Gasteiger charge is 2.28. The van der Waals surface area contributed by atoms with Gasteiger partial charge in [-0.25, -0.2) is 13.4 Å². The van der Waals surface area contributed by atoms with Gasteiger partial charge in [0.25, 0.3) is 0 Å². The van der Waals surface area contributed by atoms with Crippen LogP contribution >= 0.6 is 0 Å². The Kier molecular flexibility index (Phi) is 3.95. The monoisotopic (exact) mass is 431 g/mol. The molecule has 0 bridgehead atoms. The number of aromatic nitrogens is 5. The Bertz CT molecular complexity index is 1570. The smallest absolute Gasteiger partial charge is 0.165 e. The number of nitrogens with one attached hydrogen (secondary N) is 1. The lowest BCUT2D eigenvalue weighted by Crippen LogP contribution is -2.23. The fourth-order valence-corrected chi connectivity index (χ4v) is 6.10. The third-order valence-electron chi connectivity index (χ3n) is 6.27. The third kappa shape index (κ3) is 3.01. The average molecular weight is 432 g/mol. The van der Waals surface area contributed by atoms with Gasteiger partial charge in [-0.3, -0.25) is 4.98 Å². The number of aryl methyl sites for hydroxylation is 1. The lowest BCUT2D eigenvalue weighted by atomic mass is 9.96. The van der Waals surface area contributed by atoms with Gasteiger partial charge < -0.3 is 4.98 Å². The van der Waals surface area contributed by atoms with Gasteiger partial charge in [-0.1, -0.05) is 11.6 Å². The highest BCUT2D eigenvalue weighted by Crippen LogP contribution is 2.35. The first-order valence-corrected chi connectivity index (χ1v) is 12.2. The molecule has 0 aliphatic carbocycles. The Morgan fingerprint density at radius 1 is 1.10 bits per heavy atom. The number of benzene rings is 1. The molecule has 8 heteroatoms. The van der Waals surface area contributed by atoms with Crippen LogP contribution in [0.1, 0.15) is 30.0 Å². The first kappa shape index (κ1) is 18.5. The fourth-order valence-electron chi connectivity index (χ4n) is 4.61. The Morgan fingerprint density at radius 3 is 2.77 bits per heavy atom. The van der Waals surface area contributed by atoms with Gasteiger partial charge in [0.1, 0.15) is 15.5 Å². The maximum Gasteiger partial charge on any atom is 0.165 e. The predicted molar refractivity (Wildman–Crippen MR) is 121 cm³/mol. The van der Waals surface area contributed by atoms with Crippen molar-refractivity contribution in [1.29, 1.82) is 0 Å². The van der Waals surface area contributed by atoms with Crippen LogP contribution in [-0.4, -0.2) is 44.5 Å². The summed E-state index contributed by atoms with van der Waals surface area (Å²) in [4.78, 5) is 13.0. The van der Waals surface area contributed by atoms with Crippen molar-refractivity contribution in [3.8, 4) is 11.1 Å². The van der Waals surface area contributed by atoms with Crippen molar-refractivity contribution in [2.75, 3.05) is 11.5 Å². The molecular weight excluding hydrogens is 410 g/mol.